The van der Waals surface area contributed by atoms with Crippen LogP contribution < -0.4 is 0 Å². The minimum atomic E-state index is -0.392. The Kier molecular flexibility index (Phi) is 4.36. The monoisotopic (exact) mass is 228 g/mol. The van der Waals surface area contributed by atoms with E-state index in [9.17, 15) is 4.79 Å². The Morgan fingerprint density at radius 2 is 1.88 bits per heavy atom. The summed E-state index contributed by atoms with van der Waals surface area (Å²) in [6.45, 7) is 7.85. The normalized spacial score (nSPS) is 31.2. The van der Waals surface area contributed by atoms with Gasteiger partial charge in [-0.2, -0.15) is 0 Å². The molecular formula is C13H24O3. The zero-order valence-electron chi connectivity index (χ0n) is 11.1. The molecule has 0 radical (unpaired) electrons. The van der Waals surface area contributed by atoms with Gasteiger partial charge in [-0.25, -0.2) is 0 Å². The summed E-state index contributed by atoms with van der Waals surface area (Å²) in [5.41, 5.74) is -0.392. The molecule has 0 spiro atoms. The van der Waals surface area contributed by atoms with Crippen molar-refractivity contribution in [3.63, 3.8) is 0 Å². The van der Waals surface area contributed by atoms with Gasteiger partial charge in [0.2, 0.25) is 0 Å². The van der Waals surface area contributed by atoms with E-state index >= 15 is 0 Å². The Bertz CT molecular complexity index is 242. The van der Waals surface area contributed by atoms with Crippen molar-refractivity contribution >= 4 is 5.97 Å². The van der Waals surface area contributed by atoms with Crippen molar-refractivity contribution in [1.82, 2.24) is 0 Å². The Labute approximate surface area is 98.5 Å². The van der Waals surface area contributed by atoms with Crippen molar-refractivity contribution in [2.24, 2.45) is 11.8 Å². The number of hydrogen-bond acceptors (Lipinski definition) is 3. The lowest BCUT2D eigenvalue weighted by Gasteiger charge is -2.33. The maximum absolute atomic E-state index is 12.0. The van der Waals surface area contributed by atoms with E-state index in [2.05, 4.69) is 6.92 Å². The summed E-state index contributed by atoms with van der Waals surface area (Å²) in [5.74, 6) is 0.334. The quantitative estimate of drug-likeness (QED) is 0.682. The van der Waals surface area contributed by atoms with Gasteiger partial charge in [-0.3, -0.25) is 4.79 Å². The van der Waals surface area contributed by atoms with Gasteiger partial charge in [0.25, 0.3) is 0 Å². The van der Waals surface area contributed by atoms with Crippen molar-refractivity contribution < 1.29 is 14.3 Å². The van der Waals surface area contributed by atoms with Crippen molar-refractivity contribution in [3.8, 4) is 0 Å². The third-order valence-corrected chi connectivity index (χ3v) is 3.19. The van der Waals surface area contributed by atoms with Crippen LogP contribution in [0.15, 0.2) is 0 Å². The van der Waals surface area contributed by atoms with E-state index in [0.717, 1.165) is 19.3 Å². The zero-order chi connectivity index (χ0) is 12.3. The van der Waals surface area contributed by atoms with E-state index in [0.29, 0.717) is 5.92 Å². The molecular weight excluding hydrogens is 204 g/mol. The molecule has 16 heavy (non-hydrogen) atoms. The summed E-state index contributed by atoms with van der Waals surface area (Å²) in [6, 6.07) is 0. The zero-order valence-corrected chi connectivity index (χ0v) is 11.1. The maximum Gasteiger partial charge on any atom is 0.309 e. The number of carbonyl (C=O) groups is 1. The first kappa shape index (κ1) is 13.5. The molecule has 0 aromatic rings. The minimum absolute atomic E-state index is 0.00192. The molecule has 0 aromatic carbocycles. The van der Waals surface area contributed by atoms with E-state index in [1.165, 1.54) is 0 Å². The van der Waals surface area contributed by atoms with E-state index < -0.39 is 5.60 Å². The summed E-state index contributed by atoms with van der Waals surface area (Å²) in [6.07, 6.45) is 3.11. The second-order valence-electron chi connectivity index (χ2n) is 5.79. The van der Waals surface area contributed by atoms with Gasteiger partial charge in [-0.05, 0) is 46.0 Å². The number of carbonyl (C=O) groups excluding carboxylic acids is 1. The van der Waals surface area contributed by atoms with Crippen LogP contribution in [0.1, 0.15) is 47.0 Å². The molecule has 0 amide bonds. The van der Waals surface area contributed by atoms with Crippen LogP contribution in [0.25, 0.3) is 0 Å². The first-order chi connectivity index (χ1) is 7.33. The first-order valence-electron chi connectivity index (χ1n) is 6.09. The number of esters is 1. The highest BCUT2D eigenvalue weighted by molar-refractivity contribution is 5.73. The van der Waals surface area contributed by atoms with Gasteiger partial charge in [0.1, 0.15) is 5.60 Å². The Balaban J connectivity index is 2.59. The highest BCUT2D eigenvalue weighted by Gasteiger charge is 2.35. The van der Waals surface area contributed by atoms with Crippen molar-refractivity contribution in [2.75, 3.05) is 7.11 Å². The Morgan fingerprint density at radius 1 is 1.25 bits per heavy atom. The molecule has 0 aromatic heterocycles. The standard InChI is InChI=1S/C13H24O3/c1-9-6-7-10(15-5)8-11(9)12(14)16-13(2,3)4/h9-11H,6-8H2,1-5H3/t9-,10-,11-/m1/s1. The molecule has 3 atom stereocenters. The second-order valence-corrected chi connectivity index (χ2v) is 5.79. The molecule has 0 N–H and O–H groups in total. The average Bonchev–Trinajstić information content (AvgIpc) is 2.15. The van der Waals surface area contributed by atoms with Gasteiger partial charge in [0, 0.05) is 7.11 Å². The average molecular weight is 228 g/mol. The molecule has 94 valence electrons. The molecule has 1 saturated carbocycles. The predicted octanol–water partition coefficient (Wildman–Crippen LogP) is 2.78. The summed E-state index contributed by atoms with van der Waals surface area (Å²) in [4.78, 5) is 12.0. The summed E-state index contributed by atoms with van der Waals surface area (Å²) in [5, 5.41) is 0. The molecule has 1 aliphatic rings. The van der Waals surface area contributed by atoms with E-state index in [-0.39, 0.29) is 18.0 Å². The van der Waals surface area contributed by atoms with Crippen LogP contribution in [0.5, 0.6) is 0 Å². The van der Waals surface area contributed by atoms with Gasteiger partial charge in [0.15, 0.2) is 0 Å². The van der Waals surface area contributed by atoms with Crippen LogP contribution in [-0.4, -0.2) is 24.8 Å². The summed E-state index contributed by atoms with van der Waals surface area (Å²) < 4.78 is 10.8. The number of rotatable bonds is 2. The third kappa shape index (κ3) is 3.78. The van der Waals surface area contributed by atoms with Crippen LogP contribution in [0.4, 0.5) is 0 Å². The van der Waals surface area contributed by atoms with Crippen LogP contribution in [0.2, 0.25) is 0 Å². The van der Waals surface area contributed by atoms with E-state index in [1.54, 1.807) is 7.11 Å². The Morgan fingerprint density at radius 3 is 2.38 bits per heavy atom. The summed E-state index contributed by atoms with van der Waals surface area (Å²) >= 11 is 0. The van der Waals surface area contributed by atoms with Crippen LogP contribution in [-0.2, 0) is 14.3 Å². The van der Waals surface area contributed by atoms with E-state index in [4.69, 9.17) is 9.47 Å². The maximum atomic E-state index is 12.0. The fraction of sp³-hybridized carbons (Fsp3) is 0.923. The van der Waals surface area contributed by atoms with Crippen molar-refractivity contribution in [1.29, 1.82) is 0 Å². The molecule has 3 heteroatoms. The predicted molar refractivity (Wildman–Crippen MR) is 63.1 cm³/mol. The minimum Gasteiger partial charge on any atom is -0.460 e. The number of methoxy groups -OCH3 is 1. The molecule has 1 rings (SSSR count). The van der Waals surface area contributed by atoms with Crippen LogP contribution >= 0.6 is 0 Å². The van der Waals surface area contributed by atoms with Gasteiger partial charge < -0.3 is 9.47 Å². The van der Waals surface area contributed by atoms with Gasteiger partial charge in [0.05, 0.1) is 12.0 Å². The molecule has 0 heterocycles. The second kappa shape index (κ2) is 5.17. The van der Waals surface area contributed by atoms with Gasteiger partial charge in [-0.1, -0.05) is 6.92 Å². The highest BCUT2D eigenvalue weighted by Crippen LogP contribution is 2.33. The molecule has 1 fully saturated rings. The smallest absolute Gasteiger partial charge is 0.309 e. The SMILES string of the molecule is CO[C@@H]1CC[C@@H](C)[C@H](C(=O)OC(C)(C)C)C1. The molecule has 0 aliphatic heterocycles. The summed E-state index contributed by atoms with van der Waals surface area (Å²) in [7, 11) is 1.72. The van der Waals surface area contributed by atoms with Crippen molar-refractivity contribution in [3.05, 3.63) is 0 Å². The van der Waals surface area contributed by atoms with Gasteiger partial charge in [-0.15, -0.1) is 0 Å². The Hall–Kier alpha value is -0.570. The fourth-order valence-electron chi connectivity index (χ4n) is 2.20. The fourth-order valence-corrected chi connectivity index (χ4v) is 2.20. The largest absolute Gasteiger partial charge is 0.460 e. The molecule has 3 nitrogen and oxygen atoms in total. The third-order valence-electron chi connectivity index (χ3n) is 3.19. The molecule has 1 aliphatic carbocycles. The lowest BCUT2D eigenvalue weighted by atomic mass is 9.79. The topological polar surface area (TPSA) is 35.5 Å². The lowest BCUT2D eigenvalue weighted by Crippen LogP contribution is -2.37. The first-order valence-corrected chi connectivity index (χ1v) is 6.09. The number of hydrogen-bond donors (Lipinski definition) is 0. The molecule has 0 saturated heterocycles. The van der Waals surface area contributed by atoms with E-state index in [1.807, 2.05) is 20.8 Å². The van der Waals surface area contributed by atoms with Gasteiger partial charge >= 0.3 is 5.97 Å². The number of ether oxygens (including phenoxy) is 2. The molecule has 0 unspecified atom stereocenters. The van der Waals surface area contributed by atoms with Crippen LogP contribution in [0, 0.1) is 11.8 Å². The lowest BCUT2D eigenvalue weighted by molar-refractivity contribution is -0.165. The van der Waals surface area contributed by atoms with Crippen LogP contribution in [0.3, 0.4) is 0 Å². The highest BCUT2D eigenvalue weighted by atomic mass is 16.6. The molecule has 0 bridgehead atoms. The van der Waals surface area contributed by atoms with Crippen molar-refractivity contribution in [2.45, 2.75) is 58.7 Å².